The van der Waals surface area contributed by atoms with Crippen molar-refractivity contribution >= 4 is 29.2 Å². The van der Waals surface area contributed by atoms with Gasteiger partial charge in [0.15, 0.2) is 0 Å². The second-order valence-corrected chi connectivity index (χ2v) is 8.26. The largest absolute Gasteiger partial charge is 0.496 e. The molecule has 2 aromatic rings. The summed E-state index contributed by atoms with van der Waals surface area (Å²) >= 11 is 0. The van der Waals surface area contributed by atoms with E-state index < -0.39 is 0 Å². The number of benzene rings is 1. The van der Waals surface area contributed by atoms with Crippen molar-refractivity contribution in [2.75, 3.05) is 7.11 Å². The van der Waals surface area contributed by atoms with Crippen LogP contribution in [0.3, 0.4) is 0 Å². The van der Waals surface area contributed by atoms with Crippen molar-refractivity contribution in [3.05, 3.63) is 30.0 Å². The summed E-state index contributed by atoms with van der Waals surface area (Å²) in [5.41, 5.74) is 1.64. The topological polar surface area (TPSA) is 54.1 Å². The number of hydrogen-bond acceptors (Lipinski definition) is 2. The summed E-state index contributed by atoms with van der Waals surface area (Å²) in [5.74, 6) is 3.34. The third kappa shape index (κ3) is 2.71. The van der Waals surface area contributed by atoms with Crippen LogP contribution in [0.25, 0.3) is 10.9 Å². The smallest absolute Gasteiger partial charge is 0.268 e. The van der Waals surface area contributed by atoms with E-state index in [1.165, 1.54) is 38.5 Å². The number of aromatic nitrogens is 1. The molecule has 4 bridgehead atoms. The first-order valence-electron chi connectivity index (χ1n) is 9.12. The molecule has 1 heterocycles. The lowest BCUT2D eigenvalue weighted by Crippen LogP contribution is -2.59. The van der Waals surface area contributed by atoms with Crippen molar-refractivity contribution in [2.24, 2.45) is 17.8 Å². The van der Waals surface area contributed by atoms with Gasteiger partial charge in [-0.05, 0) is 74.5 Å². The van der Waals surface area contributed by atoms with Crippen LogP contribution in [0.5, 0.6) is 5.75 Å². The van der Waals surface area contributed by atoms with Crippen molar-refractivity contribution in [1.29, 1.82) is 0 Å². The zero-order valence-electron chi connectivity index (χ0n) is 14.5. The Hall–Kier alpha value is -1.68. The third-order valence-electron chi connectivity index (χ3n) is 6.51. The second kappa shape index (κ2) is 5.94. The zero-order chi connectivity index (χ0) is 16.3. The first-order chi connectivity index (χ1) is 11.6. The number of nitrogens with one attached hydrogen (secondary N) is 2. The summed E-state index contributed by atoms with van der Waals surface area (Å²) in [4.78, 5) is 16.2. The second-order valence-electron chi connectivity index (χ2n) is 8.26. The number of fused-ring (bicyclic) bond motifs is 1. The van der Waals surface area contributed by atoms with Crippen molar-refractivity contribution in [3.63, 3.8) is 0 Å². The summed E-state index contributed by atoms with van der Waals surface area (Å²) in [5, 5.41) is 4.40. The molecule has 0 spiro atoms. The highest BCUT2D eigenvalue weighted by Gasteiger charge is 2.51. The van der Waals surface area contributed by atoms with Gasteiger partial charge in [0.2, 0.25) is 0 Å². The Morgan fingerprint density at radius 3 is 2.40 bits per heavy atom. The van der Waals surface area contributed by atoms with Crippen LogP contribution in [0.4, 0.5) is 0 Å². The lowest BCUT2D eigenvalue weighted by Gasteiger charge is -2.56. The lowest BCUT2D eigenvalue weighted by atomic mass is 9.53. The number of hydrogen-bond donors (Lipinski definition) is 2. The summed E-state index contributed by atoms with van der Waals surface area (Å²) < 4.78 is 5.40. The number of carbonyl (C=O) groups is 1. The first-order valence-corrected chi connectivity index (χ1v) is 9.12. The van der Waals surface area contributed by atoms with E-state index in [-0.39, 0.29) is 23.9 Å². The van der Waals surface area contributed by atoms with Crippen LogP contribution in [0, 0.1) is 17.8 Å². The van der Waals surface area contributed by atoms with E-state index in [0.717, 1.165) is 34.4 Å². The highest BCUT2D eigenvalue weighted by atomic mass is 35.5. The summed E-state index contributed by atoms with van der Waals surface area (Å²) in [6.45, 7) is 0. The van der Waals surface area contributed by atoms with Crippen molar-refractivity contribution < 1.29 is 9.53 Å². The molecule has 5 heteroatoms. The molecule has 134 valence electrons. The minimum absolute atomic E-state index is 0. The van der Waals surface area contributed by atoms with Gasteiger partial charge in [0.05, 0.1) is 7.11 Å². The minimum atomic E-state index is 0. The summed E-state index contributed by atoms with van der Waals surface area (Å²) in [7, 11) is 1.66. The molecule has 4 fully saturated rings. The molecule has 25 heavy (non-hydrogen) atoms. The Morgan fingerprint density at radius 2 is 1.80 bits per heavy atom. The fourth-order valence-corrected chi connectivity index (χ4v) is 6.00. The molecule has 0 unspecified atom stereocenters. The molecule has 4 aliphatic carbocycles. The van der Waals surface area contributed by atoms with E-state index in [1.54, 1.807) is 7.11 Å². The van der Waals surface area contributed by atoms with Gasteiger partial charge in [0.1, 0.15) is 11.4 Å². The SMILES string of the molecule is COc1cccc2[nH]c(C(=O)NC34CC5CC(CC(C5)C3)C4)cc12.Cl. The van der Waals surface area contributed by atoms with Crippen LogP contribution < -0.4 is 10.1 Å². The molecule has 4 saturated carbocycles. The monoisotopic (exact) mass is 360 g/mol. The van der Waals surface area contributed by atoms with Crippen LogP contribution in [0.1, 0.15) is 49.0 Å². The molecule has 0 saturated heterocycles. The Balaban J connectivity index is 0.00000157. The Labute approximate surface area is 154 Å². The number of ether oxygens (including phenoxy) is 1. The van der Waals surface area contributed by atoms with Crippen molar-refractivity contribution in [3.8, 4) is 5.75 Å². The summed E-state index contributed by atoms with van der Waals surface area (Å²) in [6, 6.07) is 7.78. The number of amides is 1. The normalized spacial score (nSPS) is 32.4. The standard InChI is InChI=1S/C20H24N2O2.ClH/c1-24-18-4-2-3-16-15(18)8-17(21-16)19(23)22-20-9-12-5-13(10-20)7-14(6-12)11-20;/h2-4,8,12-14,21H,5-7,9-11H2,1H3,(H,22,23);1H. The van der Waals surface area contributed by atoms with Crippen LogP contribution in [-0.2, 0) is 0 Å². The van der Waals surface area contributed by atoms with Crippen LogP contribution in [-0.4, -0.2) is 23.5 Å². The van der Waals surface area contributed by atoms with Crippen LogP contribution >= 0.6 is 12.4 Å². The fraction of sp³-hybridized carbons (Fsp3) is 0.550. The molecule has 1 aromatic heterocycles. The van der Waals surface area contributed by atoms with Gasteiger partial charge in [-0.3, -0.25) is 4.79 Å². The molecule has 2 N–H and O–H groups in total. The van der Waals surface area contributed by atoms with E-state index in [0.29, 0.717) is 5.69 Å². The number of halogens is 1. The molecule has 0 aliphatic heterocycles. The maximum Gasteiger partial charge on any atom is 0.268 e. The number of aromatic amines is 1. The van der Waals surface area contributed by atoms with Gasteiger partial charge in [-0.1, -0.05) is 6.07 Å². The average Bonchev–Trinajstić information content (AvgIpc) is 2.97. The zero-order valence-corrected chi connectivity index (χ0v) is 15.3. The number of H-pyrrole nitrogens is 1. The molecule has 1 amide bonds. The highest BCUT2D eigenvalue weighted by molar-refractivity contribution is 6.00. The predicted octanol–water partition coefficient (Wildman–Crippen LogP) is 4.30. The van der Waals surface area contributed by atoms with Gasteiger partial charge in [0.25, 0.3) is 5.91 Å². The third-order valence-corrected chi connectivity index (χ3v) is 6.51. The van der Waals surface area contributed by atoms with Gasteiger partial charge < -0.3 is 15.0 Å². The van der Waals surface area contributed by atoms with Crippen LogP contribution in [0.15, 0.2) is 24.3 Å². The first kappa shape index (κ1) is 16.8. The maximum absolute atomic E-state index is 12.9. The highest BCUT2D eigenvalue weighted by Crippen LogP contribution is 2.55. The maximum atomic E-state index is 12.9. The molecule has 0 atom stereocenters. The van der Waals surface area contributed by atoms with Gasteiger partial charge in [0, 0.05) is 16.4 Å². The van der Waals surface area contributed by atoms with Crippen molar-refractivity contribution in [1.82, 2.24) is 10.3 Å². The molecule has 0 radical (unpaired) electrons. The van der Waals surface area contributed by atoms with E-state index in [1.807, 2.05) is 24.3 Å². The molecular weight excluding hydrogens is 336 g/mol. The Morgan fingerprint density at radius 1 is 1.16 bits per heavy atom. The van der Waals surface area contributed by atoms with Gasteiger partial charge >= 0.3 is 0 Å². The average molecular weight is 361 g/mol. The molecule has 1 aromatic carbocycles. The van der Waals surface area contributed by atoms with Crippen molar-refractivity contribution in [2.45, 2.75) is 44.1 Å². The van der Waals surface area contributed by atoms with E-state index >= 15 is 0 Å². The lowest BCUT2D eigenvalue weighted by molar-refractivity contribution is -0.0167. The molecular formula is C20H25ClN2O2. The van der Waals surface area contributed by atoms with E-state index in [9.17, 15) is 4.79 Å². The van der Waals surface area contributed by atoms with E-state index in [4.69, 9.17) is 4.74 Å². The van der Waals surface area contributed by atoms with E-state index in [2.05, 4.69) is 10.3 Å². The number of rotatable bonds is 3. The number of carbonyl (C=O) groups excluding carboxylic acids is 1. The van der Waals surface area contributed by atoms with Crippen LogP contribution in [0.2, 0.25) is 0 Å². The number of methoxy groups -OCH3 is 1. The minimum Gasteiger partial charge on any atom is -0.496 e. The molecule has 6 rings (SSSR count). The Bertz CT molecular complexity index is 778. The quantitative estimate of drug-likeness (QED) is 0.857. The van der Waals surface area contributed by atoms with Gasteiger partial charge in [-0.15, -0.1) is 12.4 Å². The predicted molar refractivity (Wildman–Crippen MR) is 100 cm³/mol. The summed E-state index contributed by atoms with van der Waals surface area (Å²) in [6.07, 6.45) is 7.69. The fourth-order valence-electron chi connectivity index (χ4n) is 6.00. The molecule has 4 aliphatic rings. The Kier molecular flexibility index (Phi) is 3.99. The van der Waals surface area contributed by atoms with Gasteiger partial charge in [-0.2, -0.15) is 0 Å². The van der Waals surface area contributed by atoms with Gasteiger partial charge in [-0.25, -0.2) is 0 Å². The molecule has 4 nitrogen and oxygen atoms in total.